The second-order valence-corrected chi connectivity index (χ2v) is 4.60. The number of rotatable bonds is 5. The van der Waals surface area contributed by atoms with Gasteiger partial charge < -0.3 is 9.47 Å². The average molecular weight is 420 g/mol. The van der Waals surface area contributed by atoms with Crippen molar-refractivity contribution in [3.05, 3.63) is 25.6 Å². The Morgan fingerprint density at radius 3 is 2.62 bits per heavy atom. The Bertz CT molecular complexity index is 564. The zero-order valence-corrected chi connectivity index (χ0v) is 12.6. The maximum atomic E-state index is 12.2. The van der Waals surface area contributed by atoms with Gasteiger partial charge in [-0.15, -0.1) is 13.2 Å². The second-order valence-electron chi connectivity index (χ2n) is 3.52. The zero-order chi connectivity index (χ0) is 16.2. The first-order chi connectivity index (χ1) is 9.65. The highest BCUT2D eigenvalue weighted by atomic mass is 127. The van der Waals surface area contributed by atoms with Gasteiger partial charge in [0.15, 0.2) is 0 Å². The number of esters is 1. The third-order valence-corrected chi connectivity index (χ3v) is 3.19. The van der Waals surface area contributed by atoms with Crippen LogP contribution in [0.1, 0.15) is 12.6 Å². The molecular weight excluding hydrogens is 412 g/mol. The molecule has 21 heavy (non-hydrogen) atoms. The van der Waals surface area contributed by atoms with Crippen LogP contribution < -0.4 is 4.74 Å². The molecule has 1 rings (SSSR count). The number of carbonyl (C=O) groups is 1. The van der Waals surface area contributed by atoms with Crippen molar-refractivity contribution in [3.8, 4) is 5.75 Å². The van der Waals surface area contributed by atoms with Crippen LogP contribution in [-0.4, -0.2) is 28.8 Å². The van der Waals surface area contributed by atoms with Crippen molar-refractivity contribution in [3.63, 3.8) is 0 Å². The first-order valence-corrected chi connectivity index (χ1v) is 6.46. The van der Waals surface area contributed by atoms with Gasteiger partial charge in [-0.1, -0.05) is 0 Å². The summed E-state index contributed by atoms with van der Waals surface area (Å²) in [5, 5.41) is 10.9. The minimum atomic E-state index is -5.09. The van der Waals surface area contributed by atoms with Crippen LogP contribution in [0.25, 0.3) is 0 Å². The third-order valence-electron chi connectivity index (χ3n) is 2.06. The van der Waals surface area contributed by atoms with E-state index < -0.39 is 28.7 Å². The van der Waals surface area contributed by atoms with E-state index in [4.69, 9.17) is 0 Å². The molecule has 116 valence electrons. The fourth-order valence-electron chi connectivity index (χ4n) is 1.34. The molecule has 0 radical (unpaired) electrons. The Balaban J connectivity index is 3.20. The first kappa shape index (κ1) is 17.4. The summed E-state index contributed by atoms with van der Waals surface area (Å²) in [6.45, 7) is 1.67. The third kappa shape index (κ3) is 4.99. The van der Waals surface area contributed by atoms with Crippen LogP contribution in [0.2, 0.25) is 0 Å². The van der Waals surface area contributed by atoms with Gasteiger partial charge in [-0.3, -0.25) is 19.9 Å². The number of pyridine rings is 1. The molecule has 0 N–H and O–H groups in total. The molecule has 1 heterocycles. The molecule has 7 nitrogen and oxygen atoms in total. The average Bonchev–Trinajstić information content (AvgIpc) is 2.30. The predicted octanol–water partition coefficient (Wildman–Crippen LogP) is 2.60. The Morgan fingerprint density at radius 1 is 1.52 bits per heavy atom. The molecule has 0 unspecified atom stereocenters. The molecule has 0 fully saturated rings. The summed E-state index contributed by atoms with van der Waals surface area (Å²) in [5.74, 6) is -1.73. The van der Waals surface area contributed by atoms with Gasteiger partial charge in [-0.25, -0.2) is 0 Å². The van der Waals surface area contributed by atoms with Gasteiger partial charge in [0.25, 0.3) is 0 Å². The molecule has 1 aromatic heterocycles. The lowest BCUT2D eigenvalue weighted by atomic mass is 10.2. The van der Waals surface area contributed by atoms with E-state index in [1.165, 1.54) is 22.6 Å². The van der Waals surface area contributed by atoms with E-state index in [1.54, 1.807) is 6.92 Å². The van der Waals surface area contributed by atoms with Crippen LogP contribution in [0.3, 0.4) is 0 Å². The Morgan fingerprint density at radius 2 is 2.14 bits per heavy atom. The Hall–Kier alpha value is -1.66. The van der Waals surface area contributed by atoms with Gasteiger partial charge in [0.2, 0.25) is 5.75 Å². The normalized spacial score (nSPS) is 11.1. The van der Waals surface area contributed by atoms with Crippen molar-refractivity contribution in [2.75, 3.05) is 6.61 Å². The second kappa shape index (κ2) is 6.87. The van der Waals surface area contributed by atoms with E-state index in [0.29, 0.717) is 6.20 Å². The van der Waals surface area contributed by atoms with E-state index in [9.17, 15) is 28.1 Å². The summed E-state index contributed by atoms with van der Waals surface area (Å²) in [4.78, 5) is 24.8. The lowest BCUT2D eigenvalue weighted by Crippen LogP contribution is -2.19. The summed E-state index contributed by atoms with van der Waals surface area (Å²) in [7, 11) is 0. The van der Waals surface area contributed by atoms with Crippen molar-refractivity contribution >= 4 is 34.2 Å². The molecule has 0 aliphatic rings. The number of ether oxygens (including phenoxy) is 2. The standard InChI is InChI=1S/C10H8F3IN2O5/c1-2-20-7(17)3-5-8(14)9(16(18)19)6(4-15-5)21-10(11,12)13/h4H,2-3H2,1H3. The SMILES string of the molecule is CCOC(=O)Cc1ncc(OC(F)(F)F)c([N+](=O)[O-])c1I. The van der Waals surface area contributed by atoms with Crippen LogP contribution >= 0.6 is 22.6 Å². The Labute approximate surface area is 129 Å². The van der Waals surface area contributed by atoms with Crippen LogP contribution in [0, 0.1) is 13.7 Å². The van der Waals surface area contributed by atoms with Gasteiger partial charge in [0, 0.05) is 0 Å². The van der Waals surface area contributed by atoms with E-state index in [2.05, 4.69) is 14.5 Å². The lowest BCUT2D eigenvalue weighted by molar-refractivity contribution is -0.389. The minimum absolute atomic E-state index is 0.0599. The summed E-state index contributed by atoms with van der Waals surface area (Å²) >= 11 is 1.44. The van der Waals surface area contributed by atoms with Crippen molar-refractivity contribution in [1.29, 1.82) is 0 Å². The summed E-state index contributed by atoms with van der Waals surface area (Å²) in [5.41, 5.74) is -0.961. The largest absolute Gasteiger partial charge is 0.573 e. The van der Waals surface area contributed by atoms with Crippen molar-refractivity contribution < 1.29 is 32.4 Å². The van der Waals surface area contributed by atoms with Gasteiger partial charge in [0.05, 0.1) is 29.8 Å². The van der Waals surface area contributed by atoms with Crippen molar-refractivity contribution in [2.24, 2.45) is 0 Å². The number of halogens is 4. The van der Waals surface area contributed by atoms with Gasteiger partial charge >= 0.3 is 18.0 Å². The monoisotopic (exact) mass is 420 g/mol. The summed E-state index contributed by atoms with van der Waals surface area (Å²) in [6, 6.07) is 0. The molecule has 0 atom stereocenters. The van der Waals surface area contributed by atoms with E-state index in [-0.39, 0.29) is 22.3 Å². The number of alkyl halides is 3. The van der Waals surface area contributed by atoms with Crippen LogP contribution in [0.4, 0.5) is 18.9 Å². The fourth-order valence-corrected chi connectivity index (χ4v) is 2.13. The lowest BCUT2D eigenvalue weighted by Gasteiger charge is -2.11. The number of carbonyl (C=O) groups excluding carboxylic acids is 1. The molecule has 0 aliphatic heterocycles. The topological polar surface area (TPSA) is 91.6 Å². The number of hydrogen-bond donors (Lipinski definition) is 0. The minimum Gasteiger partial charge on any atom is -0.466 e. The van der Waals surface area contributed by atoms with Crippen LogP contribution in [0.5, 0.6) is 5.75 Å². The van der Waals surface area contributed by atoms with Gasteiger partial charge in [0.1, 0.15) is 3.57 Å². The maximum absolute atomic E-state index is 12.2. The smallest absolute Gasteiger partial charge is 0.466 e. The molecule has 0 aliphatic carbocycles. The number of nitrogens with zero attached hydrogens (tertiary/aromatic N) is 2. The highest BCUT2D eigenvalue weighted by Gasteiger charge is 2.36. The highest BCUT2D eigenvalue weighted by molar-refractivity contribution is 14.1. The number of nitro groups is 1. The Kier molecular flexibility index (Phi) is 5.69. The van der Waals surface area contributed by atoms with Gasteiger partial charge in [-0.05, 0) is 29.5 Å². The zero-order valence-electron chi connectivity index (χ0n) is 10.4. The molecule has 0 bridgehead atoms. The van der Waals surface area contributed by atoms with Crippen LogP contribution in [-0.2, 0) is 16.0 Å². The fraction of sp³-hybridized carbons (Fsp3) is 0.400. The molecule has 0 saturated heterocycles. The number of aromatic nitrogens is 1. The predicted molar refractivity (Wildman–Crippen MR) is 70.6 cm³/mol. The van der Waals surface area contributed by atoms with Gasteiger partial charge in [-0.2, -0.15) is 0 Å². The maximum Gasteiger partial charge on any atom is 0.573 e. The summed E-state index contributed by atoms with van der Waals surface area (Å²) in [6.07, 6.45) is -4.92. The molecule has 11 heteroatoms. The van der Waals surface area contributed by atoms with Crippen molar-refractivity contribution in [1.82, 2.24) is 4.98 Å². The molecular formula is C10H8F3IN2O5. The molecule has 0 spiro atoms. The summed E-state index contributed by atoms with van der Waals surface area (Å²) < 4.78 is 44.5. The number of hydrogen-bond acceptors (Lipinski definition) is 6. The van der Waals surface area contributed by atoms with E-state index >= 15 is 0 Å². The molecule has 0 amide bonds. The molecule has 1 aromatic rings. The highest BCUT2D eigenvalue weighted by Crippen LogP contribution is 2.36. The quantitative estimate of drug-likeness (QED) is 0.315. The van der Waals surface area contributed by atoms with Crippen molar-refractivity contribution in [2.45, 2.75) is 19.7 Å². The molecule has 0 aromatic carbocycles. The first-order valence-electron chi connectivity index (χ1n) is 5.38. The van der Waals surface area contributed by atoms with E-state index in [1.807, 2.05) is 0 Å². The van der Waals surface area contributed by atoms with E-state index in [0.717, 1.165) is 0 Å². The van der Waals surface area contributed by atoms with Crippen LogP contribution in [0.15, 0.2) is 6.20 Å². The molecule has 0 saturated carbocycles.